The highest BCUT2D eigenvalue weighted by molar-refractivity contribution is 5.94. The van der Waals surface area contributed by atoms with Crippen LogP contribution in [0.4, 0.5) is 8.78 Å². The second-order valence-corrected chi connectivity index (χ2v) is 4.04. The molecule has 0 fully saturated rings. The fourth-order valence-electron chi connectivity index (χ4n) is 1.53. The second-order valence-electron chi connectivity index (χ2n) is 4.04. The predicted octanol–water partition coefficient (Wildman–Crippen LogP) is 1.42. The van der Waals surface area contributed by atoms with Gasteiger partial charge in [-0.25, -0.2) is 0 Å². The molecule has 0 aliphatic carbocycles. The van der Waals surface area contributed by atoms with Crippen molar-refractivity contribution in [2.24, 2.45) is 0 Å². The number of carbonyl (C=O) groups excluding carboxylic acids is 1. The highest BCUT2D eigenvalue weighted by Crippen LogP contribution is 2.15. The maximum atomic E-state index is 12.0. The van der Waals surface area contributed by atoms with E-state index in [1.54, 1.807) is 0 Å². The molecular weight excluding hydrogens is 272 g/mol. The van der Waals surface area contributed by atoms with E-state index >= 15 is 0 Å². The summed E-state index contributed by atoms with van der Waals surface area (Å²) in [4.78, 5) is 11.9. The van der Waals surface area contributed by atoms with Gasteiger partial charge in [-0.2, -0.15) is 8.78 Å². The Kier molecular flexibility index (Phi) is 6.89. The van der Waals surface area contributed by atoms with Crippen molar-refractivity contribution in [3.8, 4) is 5.75 Å². The molecule has 0 radical (unpaired) electrons. The Labute approximate surface area is 115 Å². The molecule has 20 heavy (non-hydrogen) atoms. The van der Waals surface area contributed by atoms with Gasteiger partial charge >= 0.3 is 6.61 Å². The zero-order chi connectivity index (χ0) is 15.0. The van der Waals surface area contributed by atoms with Crippen molar-refractivity contribution in [3.05, 3.63) is 29.8 Å². The summed E-state index contributed by atoms with van der Waals surface area (Å²) in [7, 11) is 1.53. The highest BCUT2D eigenvalue weighted by atomic mass is 19.3. The minimum absolute atomic E-state index is 0.0189. The van der Waals surface area contributed by atoms with Gasteiger partial charge in [0.2, 0.25) is 0 Å². The van der Waals surface area contributed by atoms with Crippen LogP contribution in [-0.2, 0) is 4.74 Å². The van der Waals surface area contributed by atoms with Crippen molar-refractivity contribution >= 4 is 5.91 Å². The van der Waals surface area contributed by atoms with Crippen LogP contribution >= 0.6 is 0 Å². The summed E-state index contributed by atoms with van der Waals surface area (Å²) in [5.74, 6) is -0.418. The van der Waals surface area contributed by atoms with Gasteiger partial charge in [-0.1, -0.05) is 0 Å². The zero-order valence-corrected chi connectivity index (χ0v) is 11.0. The molecule has 1 atom stereocenters. The van der Waals surface area contributed by atoms with Gasteiger partial charge in [0.25, 0.3) is 5.91 Å². The third-order valence-corrected chi connectivity index (χ3v) is 2.57. The summed E-state index contributed by atoms with van der Waals surface area (Å²) in [5, 5.41) is 11.7. The molecule has 7 heteroatoms. The van der Waals surface area contributed by atoms with Crippen molar-refractivity contribution < 1.29 is 28.2 Å². The Balaban J connectivity index is 2.58. The number of ether oxygens (including phenoxy) is 2. The maximum Gasteiger partial charge on any atom is 0.387 e. The molecule has 1 aromatic carbocycles. The Bertz CT molecular complexity index is 411. The van der Waals surface area contributed by atoms with Crippen molar-refractivity contribution in [1.29, 1.82) is 0 Å². The lowest BCUT2D eigenvalue weighted by atomic mass is 10.1. The first kappa shape index (κ1) is 16.3. The van der Waals surface area contributed by atoms with Crippen LogP contribution in [0.25, 0.3) is 0 Å². The summed E-state index contributed by atoms with van der Waals surface area (Å²) in [6.07, 6.45) is 0.477. The van der Waals surface area contributed by atoms with Gasteiger partial charge in [0, 0.05) is 19.3 Å². The van der Waals surface area contributed by atoms with Crippen LogP contribution in [0.1, 0.15) is 16.8 Å². The molecular formula is C13H17F2NO4. The molecule has 0 saturated carbocycles. The molecule has 112 valence electrons. The Morgan fingerprint density at radius 1 is 1.35 bits per heavy atom. The Hall–Kier alpha value is -1.73. The van der Waals surface area contributed by atoms with Crippen LogP contribution in [0.5, 0.6) is 5.75 Å². The van der Waals surface area contributed by atoms with E-state index in [4.69, 9.17) is 9.84 Å². The summed E-state index contributed by atoms with van der Waals surface area (Å²) in [6.45, 7) is -2.70. The number of hydrogen-bond acceptors (Lipinski definition) is 4. The Morgan fingerprint density at radius 2 is 2.00 bits per heavy atom. The number of aliphatic hydroxyl groups is 1. The number of alkyl halides is 2. The van der Waals surface area contributed by atoms with Crippen molar-refractivity contribution in [2.75, 3.05) is 20.3 Å². The highest BCUT2D eigenvalue weighted by Gasteiger charge is 2.13. The van der Waals surface area contributed by atoms with Gasteiger partial charge in [0.1, 0.15) is 5.75 Å². The molecule has 0 aromatic heterocycles. The molecule has 0 saturated heterocycles. The lowest BCUT2D eigenvalue weighted by Gasteiger charge is -2.15. The average Bonchev–Trinajstić information content (AvgIpc) is 2.43. The van der Waals surface area contributed by atoms with Crippen LogP contribution in [0.15, 0.2) is 24.3 Å². The smallest absolute Gasteiger partial charge is 0.387 e. The van der Waals surface area contributed by atoms with E-state index in [2.05, 4.69) is 10.1 Å². The van der Waals surface area contributed by atoms with Crippen LogP contribution in [-0.4, -0.2) is 44.0 Å². The van der Waals surface area contributed by atoms with E-state index in [-0.39, 0.29) is 12.4 Å². The van der Waals surface area contributed by atoms with E-state index in [0.717, 1.165) is 0 Å². The van der Waals surface area contributed by atoms with E-state index in [1.807, 2.05) is 0 Å². The minimum Gasteiger partial charge on any atom is -0.435 e. The molecule has 1 rings (SSSR count). The number of rotatable bonds is 8. The Morgan fingerprint density at radius 3 is 2.50 bits per heavy atom. The van der Waals surface area contributed by atoms with Crippen LogP contribution < -0.4 is 10.1 Å². The van der Waals surface area contributed by atoms with E-state index in [0.29, 0.717) is 18.6 Å². The third kappa shape index (κ3) is 5.50. The van der Waals surface area contributed by atoms with E-state index in [9.17, 15) is 13.6 Å². The number of hydrogen-bond donors (Lipinski definition) is 2. The van der Waals surface area contributed by atoms with Crippen LogP contribution in [0, 0.1) is 0 Å². The van der Waals surface area contributed by atoms with Crippen LogP contribution in [0.3, 0.4) is 0 Å². The first-order valence-corrected chi connectivity index (χ1v) is 6.02. The van der Waals surface area contributed by atoms with Crippen LogP contribution in [0.2, 0.25) is 0 Å². The average molecular weight is 289 g/mol. The van der Waals surface area contributed by atoms with Gasteiger partial charge in [-0.3, -0.25) is 4.79 Å². The number of nitrogens with one attached hydrogen (secondary N) is 1. The summed E-state index contributed by atoms with van der Waals surface area (Å²) < 4.78 is 33.0. The topological polar surface area (TPSA) is 67.8 Å². The lowest BCUT2D eigenvalue weighted by Crippen LogP contribution is -2.38. The van der Waals surface area contributed by atoms with E-state index < -0.39 is 18.6 Å². The minimum atomic E-state index is -2.90. The van der Waals surface area contributed by atoms with Crippen molar-refractivity contribution in [2.45, 2.75) is 19.1 Å². The summed E-state index contributed by atoms with van der Waals surface area (Å²) >= 11 is 0. The normalized spacial score (nSPS) is 12.2. The van der Waals surface area contributed by atoms with Gasteiger partial charge in [0.15, 0.2) is 0 Å². The predicted molar refractivity (Wildman–Crippen MR) is 67.9 cm³/mol. The number of methoxy groups -OCH3 is 1. The first-order chi connectivity index (χ1) is 9.56. The summed E-state index contributed by atoms with van der Waals surface area (Å²) in [6, 6.07) is 4.89. The fraction of sp³-hybridized carbons (Fsp3) is 0.462. The lowest BCUT2D eigenvalue weighted by molar-refractivity contribution is -0.0498. The van der Waals surface area contributed by atoms with Gasteiger partial charge in [-0.05, 0) is 30.7 Å². The fourth-order valence-corrected chi connectivity index (χ4v) is 1.53. The molecule has 0 heterocycles. The maximum absolute atomic E-state index is 12.0. The quantitative estimate of drug-likeness (QED) is 0.759. The molecule has 0 aliphatic heterocycles. The van der Waals surface area contributed by atoms with Gasteiger partial charge in [0.05, 0.1) is 12.6 Å². The number of amides is 1. The molecule has 0 aliphatic rings. The largest absolute Gasteiger partial charge is 0.435 e. The van der Waals surface area contributed by atoms with E-state index in [1.165, 1.54) is 31.4 Å². The first-order valence-electron chi connectivity index (χ1n) is 6.02. The SMILES string of the molecule is COCC[C@H](CO)NC(=O)c1ccc(OC(F)F)cc1. The molecule has 0 bridgehead atoms. The number of aliphatic hydroxyl groups excluding tert-OH is 1. The number of benzene rings is 1. The van der Waals surface area contributed by atoms with Gasteiger partial charge < -0.3 is 19.9 Å². The molecule has 1 aromatic rings. The second kappa shape index (κ2) is 8.44. The third-order valence-electron chi connectivity index (χ3n) is 2.57. The summed E-state index contributed by atoms with van der Waals surface area (Å²) in [5.41, 5.74) is 0.294. The molecule has 5 nitrogen and oxygen atoms in total. The monoisotopic (exact) mass is 289 g/mol. The molecule has 0 spiro atoms. The standard InChI is InChI=1S/C13H17F2NO4/c1-19-7-6-10(8-17)16-12(18)9-2-4-11(5-3-9)20-13(14)15/h2-5,10,13,17H,6-8H2,1H3,(H,16,18)/t10-/m1/s1. The molecule has 2 N–H and O–H groups in total. The number of halogens is 2. The molecule has 0 unspecified atom stereocenters. The molecule has 1 amide bonds. The zero-order valence-electron chi connectivity index (χ0n) is 11.0. The van der Waals surface area contributed by atoms with Crippen molar-refractivity contribution in [3.63, 3.8) is 0 Å². The van der Waals surface area contributed by atoms with Gasteiger partial charge in [-0.15, -0.1) is 0 Å². The number of carbonyl (C=O) groups is 1. The van der Waals surface area contributed by atoms with Crippen molar-refractivity contribution in [1.82, 2.24) is 5.32 Å².